The minimum atomic E-state index is -0.935. The average Bonchev–Trinajstić information content (AvgIpc) is 3.22. The number of aromatic nitrogens is 1. The van der Waals surface area contributed by atoms with Crippen LogP contribution >= 0.6 is 0 Å². The molecule has 0 saturated carbocycles. The van der Waals surface area contributed by atoms with Crippen LogP contribution in [0.25, 0.3) is 5.76 Å². The number of nitrogens with zero attached hydrogens (tertiary/aromatic N) is 2. The van der Waals surface area contributed by atoms with Crippen LogP contribution in [0.4, 0.5) is 0 Å². The fourth-order valence-electron chi connectivity index (χ4n) is 4.78. The largest absolute Gasteiger partial charge is 0.507 e. The highest BCUT2D eigenvalue weighted by Crippen LogP contribution is 2.46. The van der Waals surface area contributed by atoms with Gasteiger partial charge in [0.25, 0.3) is 11.7 Å². The van der Waals surface area contributed by atoms with Crippen molar-refractivity contribution in [1.29, 1.82) is 0 Å². The number of ketones is 1. The van der Waals surface area contributed by atoms with Gasteiger partial charge in [-0.25, -0.2) is 0 Å². The molecule has 1 saturated heterocycles. The van der Waals surface area contributed by atoms with Gasteiger partial charge in [0.2, 0.25) is 5.75 Å². The summed E-state index contributed by atoms with van der Waals surface area (Å²) in [6.45, 7) is 4.64. The van der Waals surface area contributed by atoms with Gasteiger partial charge in [-0.3, -0.25) is 14.6 Å². The second kappa shape index (κ2) is 12.5. The summed E-state index contributed by atoms with van der Waals surface area (Å²) in [6, 6.07) is 11.2. The lowest BCUT2D eigenvalue weighted by atomic mass is 9.94. The zero-order valence-corrected chi connectivity index (χ0v) is 23.4. The number of ether oxygens (including phenoxy) is 4. The molecule has 1 atom stereocenters. The molecule has 3 aromatic rings. The lowest BCUT2D eigenvalue weighted by Crippen LogP contribution is -2.29. The first-order chi connectivity index (χ1) is 19.3. The Hall–Kier alpha value is -4.53. The Balaban J connectivity index is 1.87. The summed E-state index contributed by atoms with van der Waals surface area (Å²) in [4.78, 5) is 32.5. The molecule has 2 aromatic carbocycles. The molecule has 1 aliphatic rings. The van der Waals surface area contributed by atoms with Crippen molar-refractivity contribution < 1.29 is 33.6 Å². The van der Waals surface area contributed by atoms with E-state index in [4.69, 9.17) is 18.9 Å². The molecule has 1 N–H and O–H groups in total. The Labute approximate surface area is 234 Å². The fourth-order valence-corrected chi connectivity index (χ4v) is 4.78. The van der Waals surface area contributed by atoms with E-state index in [1.165, 1.54) is 26.2 Å². The van der Waals surface area contributed by atoms with Gasteiger partial charge in [0.05, 0.1) is 39.6 Å². The summed E-state index contributed by atoms with van der Waals surface area (Å²) < 4.78 is 22.4. The van der Waals surface area contributed by atoms with Crippen molar-refractivity contribution in [3.8, 4) is 23.0 Å². The predicted molar refractivity (Wildman–Crippen MR) is 150 cm³/mol. The van der Waals surface area contributed by atoms with E-state index in [-0.39, 0.29) is 17.9 Å². The van der Waals surface area contributed by atoms with E-state index in [1.54, 1.807) is 48.8 Å². The Morgan fingerprint density at radius 3 is 2.30 bits per heavy atom. The predicted octanol–water partition coefficient (Wildman–Crippen LogP) is 5.22. The van der Waals surface area contributed by atoms with Gasteiger partial charge in [-0.15, -0.1) is 0 Å². The van der Waals surface area contributed by atoms with Gasteiger partial charge in [-0.1, -0.05) is 19.4 Å². The number of hydrogen-bond donors (Lipinski definition) is 1. The second-order valence-corrected chi connectivity index (χ2v) is 9.43. The molecule has 1 amide bonds. The number of methoxy groups -OCH3 is 3. The SMILES string of the molecule is CCCCOc1ccc(/C(O)=C2\C(=O)C(=O)N(Cc3cccnc3)[C@@H]2c2cc(OC)c(OC)c(OC)c2)cc1C. The highest BCUT2D eigenvalue weighted by atomic mass is 16.5. The van der Waals surface area contributed by atoms with Crippen molar-refractivity contribution in [1.82, 2.24) is 9.88 Å². The first kappa shape index (κ1) is 28.5. The molecule has 0 unspecified atom stereocenters. The van der Waals surface area contributed by atoms with Crippen molar-refractivity contribution >= 4 is 17.4 Å². The minimum Gasteiger partial charge on any atom is -0.507 e. The van der Waals surface area contributed by atoms with E-state index >= 15 is 0 Å². The zero-order chi connectivity index (χ0) is 28.8. The minimum absolute atomic E-state index is 0.0396. The molecule has 1 aliphatic heterocycles. The number of aliphatic hydroxyl groups excluding tert-OH is 1. The maximum Gasteiger partial charge on any atom is 0.295 e. The van der Waals surface area contributed by atoms with E-state index in [0.717, 1.165) is 24.0 Å². The lowest BCUT2D eigenvalue weighted by molar-refractivity contribution is -0.140. The monoisotopic (exact) mass is 546 g/mol. The molecule has 1 aromatic heterocycles. The summed E-state index contributed by atoms with van der Waals surface area (Å²) in [7, 11) is 4.47. The van der Waals surface area contributed by atoms with Gasteiger partial charge in [0.1, 0.15) is 11.5 Å². The van der Waals surface area contributed by atoms with E-state index in [9.17, 15) is 14.7 Å². The van der Waals surface area contributed by atoms with Crippen molar-refractivity contribution in [2.45, 2.75) is 39.3 Å². The van der Waals surface area contributed by atoms with Gasteiger partial charge in [-0.05, 0) is 66.4 Å². The smallest absolute Gasteiger partial charge is 0.295 e. The molecule has 210 valence electrons. The van der Waals surface area contributed by atoms with Crippen LogP contribution in [0.5, 0.6) is 23.0 Å². The van der Waals surface area contributed by atoms with Crippen molar-refractivity contribution in [3.05, 3.63) is 82.7 Å². The second-order valence-electron chi connectivity index (χ2n) is 9.43. The lowest BCUT2D eigenvalue weighted by Gasteiger charge is -2.26. The molecule has 9 heteroatoms. The van der Waals surface area contributed by atoms with Crippen LogP contribution < -0.4 is 18.9 Å². The maximum atomic E-state index is 13.5. The number of benzene rings is 2. The van der Waals surface area contributed by atoms with Crippen molar-refractivity contribution in [2.24, 2.45) is 0 Å². The number of unbranched alkanes of at least 4 members (excludes halogenated alkanes) is 1. The zero-order valence-electron chi connectivity index (χ0n) is 23.4. The molecule has 40 heavy (non-hydrogen) atoms. The molecule has 4 rings (SSSR count). The Kier molecular flexibility index (Phi) is 8.93. The third-order valence-corrected chi connectivity index (χ3v) is 6.82. The molecule has 1 fully saturated rings. The molecule has 9 nitrogen and oxygen atoms in total. The molecular formula is C31H34N2O7. The molecule has 0 spiro atoms. The van der Waals surface area contributed by atoms with Crippen LogP contribution in [-0.2, 0) is 16.1 Å². The maximum absolute atomic E-state index is 13.5. The van der Waals surface area contributed by atoms with Crippen LogP contribution in [0.2, 0.25) is 0 Å². The number of aryl methyl sites for hydroxylation is 1. The third-order valence-electron chi connectivity index (χ3n) is 6.82. The number of carbonyl (C=O) groups excluding carboxylic acids is 2. The summed E-state index contributed by atoms with van der Waals surface area (Å²) in [5.41, 5.74) is 2.40. The Morgan fingerprint density at radius 2 is 1.73 bits per heavy atom. The molecule has 0 radical (unpaired) electrons. The van der Waals surface area contributed by atoms with Crippen LogP contribution in [0, 0.1) is 6.92 Å². The summed E-state index contributed by atoms with van der Waals surface area (Å²) in [6.07, 6.45) is 5.20. The van der Waals surface area contributed by atoms with E-state index in [0.29, 0.717) is 40.7 Å². The fraction of sp³-hybridized carbons (Fsp3) is 0.323. The van der Waals surface area contributed by atoms with Gasteiger partial charge < -0.3 is 29.0 Å². The normalized spacial score (nSPS) is 16.2. The highest BCUT2D eigenvalue weighted by Gasteiger charge is 2.46. The van der Waals surface area contributed by atoms with Gasteiger partial charge >= 0.3 is 0 Å². The molecule has 0 bridgehead atoms. The number of Topliss-reactive ketones (excluding diaryl/α,β-unsaturated/α-hetero) is 1. The first-order valence-electron chi connectivity index (χ1n) is 13.1. The topological polar surface area (TPSA) is 107 Å². The van der Waals surface area contributed by atoms with E-state index in [2.05, 4.69) is 11.9 Å². The van der Waals surface area contributed by atoms with Gasteiger partial charge in [0.15, 0.2) is 11.5 Å². The third kappa shape index (κ3) is 5.59. The number of hydrogen-bond acceptors (Lipinski definition) is 8. The number of aliphatic hydroxyl groups is 1. The quantitative estimate of drug-likeness (QED) is 0.151. The summed E-state index contributed by atoms with van der Waals surface area (Å²) >= 11 is 0. The van der Waals surface area contributed by atoms with E-state index in [1.807, 2.05) is 13.0 Å². The van der Waals surface area contributed by atoms with Gasteiger partial charge in [-0.2, -0.15) is 0 Å². The van der Waals surface area contributed by atoms with E-state index < -0.39 is 17.7 Å². The van der Waals surface area contributed by atoms with Crippen LogP contribution in [0.1, 0.15) is 48.1 Å². The molecule has 0 aliphatic carbocycles. The molecular weight excluding hydrogens is 512 g/mol. The van der Waals surface area contributed by atoms with Gasteiger partial charge in [0, 0.05) is 24.5 Å². The Bertz CT molecular complexity index is 1390. The van der Waals surface area contributed by atoms with Crippen LogP contribution in [0.15, 0.2) is 60.4 Å². The first-order valence-corrected chi connectivity index (χ1v) is 13.1. The number of likely N-dealkylation sites (tertiary alicyclic amines) is 1. The van der Waals surface area contributed by atoms with Crippen molar-refractivity contribution in [3.63, 3.8) is 0 Å². The standard InChI is InChI=1S/C31H34N2O7/c1-6-7-13-40-23-11-10-21(14-19(23)2)28(34)26-27(22-15-24(37-3)30(39-5)25(16-22)38-4)33(31(36)29(26)35)18-20-9-8-12-32-17-20/h8-12,14-17,27,34H,6-7,13,18H2,1-5H3/b28-26+/t27-/m1/s1. The number of rotatable bonds is 11. The molecule has 2 heterocycles. The summed E-state index contributed by atoms with van der Waals surface area (Å²) in [5.74, 6) is -0.0348. The summed E-state index contributed by atoms with van der Waals surface area (Å²) in [5, 5.41) is 11.5. The van der Waals surface area contributed by atoms with Crippen molar-refractivity contribution in [2.75, 3.05) is 27.9 Å². The average molecular weight is 547 g/mol. The highest BCUT2D eigenvalue weighted by molar-refractivity contribution is 6.46. The number of carbonyl (C=O) groups is 2. The number of amides is 1. The van der Waals surface area contributed by atoms with Crippen LogP contribution in [-0.4, -0.2) is 54.6 Å². The van der Waals surface area contributed by atoms with Crippen LogP contribution in [0.3, 0.4) is 0 Å². The Morgan fingerprint density at radius 1 is 1.00 bits per heavy atom. The number of pyridine rings is 1.